The molecule has 2 heterocycles. The second kappa shape index (κ2) is 3.46. The lowest BCUT2D eigenvalue weighted by Crippen LogP contribution is -2.22. The van der Waals surface area contributed by atoms with Gasteiger partial charge >= 0.3 is 0 Å². The summed E-state index contributed by atoms with van der Waals surface area (Å²) >= 11 is 0. The van der Waals surface area contributed by atoms with Crippen LogP contribution in [0.15, 0.2) is 30.7 Å². The van der Waals surface area contributed by atoms with Gasteiger partial charge in [0.2, 0.25) is 0 Å². The maximum absolute atomic E-state index is 4.14. The normalized spacial score (nSPS) is 11.7. The maximum Gasteiger partial charge on any atom is 0.113 e. The molecular formula is C11H14N4. The van der Waals surface area contributed by atoms with E-state index in [2.05, 4.69) is 36.1 Å². The van der Waals surface area contributed by atoms with Crippen molar-refractivity contribution in [3.63, 3.8) is 0 Å². The molecule has 0 saturated carbocycles. The minimum atomic E-state index is -0.0295. The van der Waals surface area contributed by atoms with Crippen LogP contribution in [0.1, 0.15) is 20.8 Å². The Balaban J connectivity index is 2.37. The van der Waals surface area contributed by atoms with E-state index >= 15 is 0 Å². The Morgan fingerprint density at radius 3 is 2.33 bits per heavy atom. The number of nitrogens with zero attached hydrogens (tertiary/aromatic N) is 4. The van der Waals surface area contributed by atoms with Gasteiger partial charge in [-0.15, -0.1) is 5.10 Å². The topological polar surface area (TPSA) is 43.6 Å². The molecule has 0 amide bonds. The first-order chi connectivity index (χ1) is 7.07. The van der Waals surface area contributed by atoms with Gasteiger partial charge in [0.1, 0.15) is 5.69 Å². The fourth-order valence-corrected chi connectivity index (χ4v) is 1.25. The van der Waals surface area contributed by atoms with E-state index in [1.54, 1.807) is 12.4 Å². The Hall–Kier alpha value is -1.71. The highest BCUT2D eigenvalue weighted by Gasteiger charge is 2.15. The van der Waals surface area contributed by atoms with Crippen molar-refractivity contribution in [3.05, 3.63) is 30.7 Å². The van der Waals surface area contributed by atoms with Crippen LogP contribution in [0.4, 0.5) is 0 Å². The SMILES string of the molecule is CC(C)(C)n1cc(-c2ccncc2)nn1. The molecule has 0 radical (unpaired) electrons. The predicted octanol–water partition coefficient (Wildman–Crippen LogP) is 2.10. The third kappa shape index (κ3) is 2.03. The zero-order valence-corrected chi connectivity index (χ0v) is 9.18. The lowest BCUT2D eigenvalue weighted by atomic mass is 10.1. The molecule has 0 saturated heterocycles. The van der Waals surface area contributed by atoms with Crippen LogP contribution < -0.4 is 0 Å². The molecule has 2 rings (SSSR count). The van der Waals surface area contributed by atoms with E-state index in [1.807, 2.05) is 23.0 Å². The molecule has 0 N–H and O–H groups in total. The maximum atomic E-state index is 4.14. The molecule has 0 aliphatic rings. The van der Waals surface area contributed by atoms with Gasteiger partial charge in [0.15, 0.2) is 0 Å². The van der Waals surface area contributed by atoms with E-state index in [9.17, 15) is 0 Å². The van der Waals surface area contributed by atoms with Gasteiger partial charge in [0.25, 0.3) is 0 Å². The van der Waals surface area contributed by atoms with Crippen LogP contribution in [0, 0.1) is 0 Å². The summed E-state index contributed by atoms with van der Waals surface area (Å²) < 4.78 is 1.86. The van der Waals surface area contributed by atoms with Crippen LogP contribution in [0.5, 0.6) is 0 Å². The van der Waals surface area contributed by atoms with Gasteiger partial charge in [0.05, 0.1) is 11.7 Å². The number of rotatable bonds is 1. The molecule has 0 fully saturated rings. The Bertz CT molecular complexity index is 439. The van der Waals surface area contributed by atoms with Gasteiger partial charge < -0.3 is 0 Å². The van der Waals surface area contributed by atoms with E-state index < -0.39 is 0 Å². The summed E-state index contributed by atoms with van der Waals surface area (Å²) in [5, 5.41) is 8.25. The number of aromatic nitrogens is 4. The van der Waals surface area contributed by atoms with Crippen LogP contribution >= 0.6 is 0 Å². The summed E-state index contributed by atoms with van der Waals surface area (Å²) in [6.45, 7) is 6.29. The third-order valence-corrected chi connectivity index (χ3v) is 2.16. The average Bonchev–Trinajstić information content (AvgIpc) is 2.67. The van der Waals surface area contributed by atoms with E-state index in [4.69, 9.17) is 0 Å². The van der Waals surface area contributed by atoms with E-state index in [0.717, 1.165) is 11.3 Å². The van der Waals surface area contributed by atoms with Crippen LogP contribution in [0.25, 0.3) is 11.3 Å². The Kier molecular flexibility index (Phi) is 2.26. The number of hydrogen-bond donors (Lipinski definition) is 0. The summed E-state index contributed by atoms with van der Waals surface area (Å²) in [5.74, 6) is 0. The molecule has 0 atom stereocenters. The third-order valence-electron chi connectivity index (χ3n) is 2.16. The second-order valence-corrected chi connectivity index (χ2v) is 4.46. The monoisotopic (exact) mass is 202 g/mol. The van der Waals surface area contributed by atoms with Crippen molar-refractivity contribution in [2.24, 2.45) is 0 Å². The molecule has 0 spiro atoms. The van der Waals surface area contributed by atoms with Crippen molar-refractivity contribution in [1.29, 1.82) is 0 Å². The minimum Gasteiger partial charge on any atom is -0.265 e. The molecule has 4 heteroatoms. The summed E-state index contributed by atoms with van der Waals surface area (Å²) in [6, 6.07) is 3.86. The van der Waals surface area contributed by atoms with Gasteiger partial charge in [-0.1, -0.05) is 5.21 Å². The van der Waals surface area contributed by atoms with Gasteiger partial charge in [-0.25, -0.2) is 4.68 Å². The first-order valence-electron chi connectivity index (χ1n) is 4.90. The van der Waals surface area contributed by atoms with Gasteiger partial charge in [-0.3, -0.25) is 4.98 Å². The van der Waals surface area contributed by atoms with Crippen molar-refractivity contribution >= 4 is 0 Å². The smallest absolute Gasteiger partial charge is 0.113 e. The van der Waals surface area contributed by atoms with E-state index in [0.29, 0.717) is 0 Å². The Morgan fingerprint density at radius 2 is 1.80 bits per heavy atom. The highest BCUT2D eigenvalue weighted by Crippen LogP contribution is 2.18. The van der Waals surface area contributed by atoms with Crippen molar-refractivity contribution < 1.29 is 0 Å². The number of hydrogen-bond acceptors (Lipinski definition) is 3. The molecule has 2 aromatic rings. The molecule has 2 aromatic heterocycles. The molecular weight excluding hydrogens is 188 g/mol. The van der Waals surface area contributed by atoms with Crippen molar-refractivity contribution in [1.82, 2.24) is 20.0 Å². The van der Waals surface area contributed by atoms with E-state index in [-0.39, 0.29) is 5.54 Å². The van der Waals surface area contributed by atoms with Gasteiger partial charge in [0, 0.05) is 18.0 Å². The van der Waals surface area contributed by atoms with Crippen LogP contribution in [-0.2, 0) is 5.54 Å². The summed E-state index contributed by atoms with van der Waals surface area (Å²) in [6.07, 6.45) is 5.46. The highest BCUT2D eigenvalue weighted by atomic mass is 15.4. The molecule has 0 aromatic carbocycles. The predicted molar refractivity (Wildman–Crippen MR) is 58.2 cm³/mol. The first-order valence-corrected chi connectivity index (χ1v) is 4.90. The Morgan fingerprint density at radius 1 is 1.13 bits per heavy atom. The molecule has 0 unspecified atom stereocenters. The molecule has 4 nitrogen and oxygen atoms in total. The largest absolute Gasteiger partial charge is 0.265 e. The molecule has 0 bridgehead atoms. The zero-order valence-electron chi connectivity index (χ0n) is 9.18. The molecule has 0 aliphatic carbocycles. The van der Waals surface area contributed by atoms with Crippen LogP contribution in [0.3, 0.4) is 0 Å². The molecule has 78 valence electrons. The Labute approximate surface area is 89.0 Å². The standard InChI is InChI=1S/C11H14N4/c1-11(2,3)15-8-10(13-14-15)9-4-6-12-7-5-9/h4-8H,1-3H3. The quantitative estimate of drug-likeness (QED) is 0.711. The second-order valence-electron chi connectivity index (χ2n) is 4.46. The van der Waals surface area contributed by atoms with E-state index in [1.165, 1.54) is 0 Å². The highest BCUT2D eigenvalue weighted by molar-refractivity contribution is 5.56. The minimum absolute atomic E-state index is 0.0295. The first kappa shape index (κ1) is 9.83. The zero-order chi connectivity index (χ0) is 10.9. The van der Waals surface area contributed by atoms with Crippen molar-refractivity contribution in [3.8, 4) is 11.3 Å². The molecule has 0 aliphatic heterocycles. The van der Waals surface area contributed by atoms with Gasteiger partial charge in [-0.2, -0.15) is 0 Å². The lowest BCUT2D eigenvalue weighted by Gasteiger charge is -2.17. The fraction of sp³-hybridized carbons (Fsp3) is 0.364. The summed E-state index contributed by atoms with van der Waals surface area (Å²) in [4.78, 5) is 3.97. The fourth-order valence-electron chi connectivity index (χ4n) is 1.25. The van der Waals surface area contributed by atoms with Crippen molar-refractivity contribution in [2.75, 3.05) is 0 Å². The van der Waals surface area contributed by atoms with Crippen molar-refractivity contribution in [2.45, 2.75) is 26.3 Å². The van der Waals surface area contributed by atoms with Crippen LogP contribution in [0.2, 0.25) is 0 Å². The summed E-state index contributed by atoms with van der Waals surface area (Å²) in [7, 11) is 0. The van der Waals surface area contributed by atoms with Gasteiger partial charge in [-0.05, 0) is 32.9 Å². The lowest BCUT2D eigenvalue weighted by molar-refractivity contribution is 0.347. The van der Waals surface area contributed by atoms with Crippen LogP contribution in [-0.4, -0.2) is 20.0 Å². The number of pyridine rings is 1. The average molecular weight is 202 g/mol. The summed E-state index contributed by atoms with van der Waals surface area (Å²) in [5.41, 5.74) is 1.89. The molecule has 15 heavy (non-hydrogen) atoms.